The number of allylic oxidation sites excluding steroid dienone is 2. The van der Waals surface area contributed by atoms with Crippen LogP contribution in [0.3, 0.4) is 0 Å². The molecule has 8 rings (SSSR count). The highest BCUT2D eigenvalue weighted by Gasteiger charge is 2.70. The predicted molar refractivity (Wildman–Crippen MR) is 190 cm³/mol. The topological polar surface area (TPSA) is 95.0 Å². The maximum atomic E-state index is 15.3. The number of halogens is 2. The molecule has 2 saturated heterocycles. The first-order valence-electron chi connectivity index (χ1n) is 16.5. The van der Waals surface area contributed by atoms with Gasteiger partial charge in [-0.15, -0.1) is 0 Å². The van der Waals surface area contributed by atoms with Crippen LogP contribution in [0.1, 0.15) is 42.4 Å². The minimum Gasteiger partial charge on any atom is -0.508 e. The minimum atomic E-state index is -1.46. The molecular formula is C40H32BrClN2O5. The van der Waals surface area contributed by atoms with Crippen molar-refractivity contribution in [3.63, 3.8) is 0 Å². The van der Waals surface area contributed by atoms with Crippen LogP contribution in [-0.2, 0) is 31.0 Å². The number of nitrogens with zero attached hydrogens (tertiary/aromatic N) is 2. The molecule has 7 nitrogen and oxygen atoms in total. The molecule has 4 aliphatic rings. The molecule has 0 radical (unpaired) electrons. The third kappa shape index (κ3) is 4.60. The molecule has 6 atom stereocenters. The average molecular weight is 736 g/mol. The minimum absolute atomic E-state index is 0.0288. The van der Waals surface area contributed by atoms with Crippen LogP contribution in [0.4, 0.5) is 11.4 Å². The molecule has 3 fully saturated rings. The molecule has 4 aromatic rings. The quantitative estimate of drug-likeness (QED) is 0.167. The predicted octanol–water partition coefficient (Wildman–Crippen LogP) is 7.74. The molecule has 0 spiro atoms. The molecule has 2 aliphatic heterocycles. The molecule has 4 aromatic carbocycles. The van der Waals surface area contributed by atoms with Crippen molar-refractivity contribution < 1.29 is 24.3 Å². The Hall–Kier alpha value is -4.53. The molecule has 0 aromatic heterocycles. The number of rotatable bonds is 5. The smallest absolute Gasteiger partial charge is 0.246 e. The number of carbonyl (C=O) groups excluding carboxylic acids is 4. The molecule has 6 unspecified atom stereocenters. The van der Waals surface area contributed by atoms with Gasteiger partial charge in [0.15, 0.2) is 0 Å². The van der Waals surface area contributed by atoms with Crippen molar-refractivity contribution in [2.75, 3.05) is 9.80 Å². The molecule has 1 saturated carbocycles. The third-order valence-electron chi connectivity index (χ3n) is 11.1. The normalized spacial score (nSPS) is 27.6. The summed E-state index contributed by atoms with van der Waals surface area (Å²) in [6.07, 6.45) is 3.30. The number of hydrogen-bond donors (Lipinski definition) is 1. The standard InChI is InChI=1S/C40H32BrClN2O5/c1-2-22-11-14-26(15-12-22)43-36(46)29-17-16-28-30(34(29)38(43)48)21-32-37(47)44(27-10-6-9-25(42)20-27)39(49)40(32,23-7-4-3-5-8-23)35(28)31-19-24(41)13-18-33(31)45/h3-16,18-20,29-30,32,34-35,45H,2,17,21H2,1H3. The summed E-state index contributed by atoms with van der Waals surface area (Å²) in [6, 6.07) is 28.5. The fraction of sp³-hybridized carbons (Fsp3) is 0.250. The van der Waals surface area contributed by atoms with Gasteiger partial charge in [0.2, 0.25) is 23.6 Å². The van der Waals surface area contributed by atoms with E-state index in [1.807, 2.05) is 67.6 Å². The summed E-state index contributed by atoms with van der Waals surface area (Å²) >= 11 is 9.96. The van der Waals surface area contributed by atoms with E-state index in [-0.39, 0.29) is 24.0 Å². The second-order valence-corrected chi connectivity index (χ2v) is 14.7. The summed E-state index contributed by atoms with van der Waals surface area (Å²) in [6.45, 7) is 2.05. The number of amides is 4. The SMILES string of the molecule is CCc1ccc(N2C(=O)C3CC=C4C(CC5C(=O)N(c6cccc(Cl)c6)C(=O)C5(c5ccccc5)C4c4cc(Br)ccc4O)C3C2=O)cc1. The maximum Gasteiger partial charge on any atom is 0.246 e. The van der Waals surface area contributed by atoms with E-state index in [4.69, 9.17) is 11.6 Å². The van der Waals surface area contributed by atoms with Gasteiger partial charge in [-0.3, -0.25) is 24.1 Å². The number of benzene rings is 4. The lowest BCUT2D eigenvalue weighted by Crippen LogP contribution is -2.53. The van der Waals surface area contributed by atoms with Gasteiger partial charge in [0.05, 0.1) is 34.5 Å². The molecule has 2 aliphatic carbocycles. The van der Waals surface area contributed by atoms with Crippen LogP contribution in [0.15, 0.2) is 113 Å². The number of anilines is 2. The van der Waals surface area contributed by atoms with Crippen molar-refractivity contribution in [3.8, 4) is 5.75 Å². The zero-order valence-corrected chi connectivity index (χ0v) is 28.9. The maximum absolute atomic E-state index is 15.3. The number of phenols is 1. The first kappa shape index (κ1) is 31.7. The largest absolute Gasteiger partial charge is 0.508 e. The van der Waals surface area contributed by atoms with Crippen LogP contribution in [0.25, 0.3) is 0 Å². The van der Waals surface area contributed by atoms with Gasteiger partial charge in [0.25, 0.3) is 0 Å². The van der Waals surface area contributed by atoms with E-state index in [0.717, 1.165) is 17.6 Å². The van der Waals surface area contributed by atoms with Crippen molar-refractivity contribution in [1.29, 1.82) is 0 Å². The monoisotopic (exact) mass is 734 g/mol. The lowest BCUT2D eigenvalue weighted by Gasteiger charge is -2.50. The zero-order chi connectivity index (χ0) is 34.2. The zero-order valence-electron chi connectivity index (χ0n) is 26.6. The first-order chi connectivity index (χ1) is 23.7. The molecule has 0 bridgehead atoms. The van der Waals surface area contributed by atoms with Crippen LogP contribution < -0.4 is 9.80 Å². The number of imide groups is 2. The summed E-state index contributed by atoms with van der Waals surface area (Å²) in [4.78, 5) is 61.1. The molecule has 4 amide bonds. The number of aryl methyl sites for hydroxylation is 1. The van der Waals surface area contributed by atoms with Gasteiger partial charge in [-0.2, -0.15) is 0 Å². The van der Waals surface area contributed by atoms with E-state index in [0.29, 0.717) is 38.4 Å². The lowest BCUT2D eigenvalue weighted by molar-refractivity contribution is -0.127. The van der Waals surface area contributed by atoms with Gasteiger partial charge in [-0.05, 0) is 84.8 Å². The third-order valence-corrected chi connectivity index (χ3v) is 11.8. The second kappa shape index (κ2) is 11.8. The highest BCUT2D eigenvalue weighted by molar-refractivity contribution is 9.10. The van der Waals surface area contributed by atoms with Gasteiger partial charge in [-0.1, -0.05) is 94.6 Å². The number of hydrogen-bond acceptors (Lipinski definition) is 5. The molecular weight excluding hydrogens is 704 g/mol. The van der Waals surface area contributed by atoms with Gasteiger partial charge < -0.3 is 5.11 Å². The van der Waals surface area contributed by atoms with Gasteiger partial charge in [0, 0.05) is 21.0 Å². The van der Waals surface area contributed by atoms with Crippen molar-refractivity contribution in [2.45, 2.75) is 37.5 Å². The Balaban J connectivity index is 1.35. The fourth-order valence-electron chi connectivity index (χ4n) is 8.98. The van der Waals surface area contributed by atoms with Crippen molar-refractivity contribution in [3.05, 3.63) is 135 Å². The van der Waals surface area contributed by atoms with Crippen LogP contribution in [0, 0.1) is 23.7 Å². The number of carbonyl (C=O) groups is 4. The number of phenolic OH excluding ortho intramolecular Hbond substituents is 1. The molecule has 2 heterocycles. The summed E-state index contributed by atoms with van der Waals surface area (Å²) in [5.74, 6) is -5.01. The van der Waals surface area contributed by atoms with Crippen LogP contribution in [0.2, 0.25) is 5.02 Å². The van der Waals surface area contributed by atoms with Crippen LogP contribution >= 0.6 is 27.5 Å². The van der Waals surface area contributed by atoms with Gasteiger partial charge in [-0.25, -0.2) is 4.90 Å². The Kier molecular flexibility index (Phi) is 7.65. The van der Waals surface area contributed by atoms with E-state index in [9.17, 15) is 19.5 Å². The van der Waals surface area contributed by atoms with Gasteiger partial charge in [0.1, 0.15) is 5.75 Å². The number of aromatic hydroxyl groups is 1. The van der Waals surface area contributed by atoms with Crippen LogP contribution in [-0.4, -0.2) is 28.7 Å². The van der Waals surface area contributed by atoms with E-state index in [1.165, 1.54) is 9.80 Å². The summed E-state index contributed by atoms with van der Waals surface area (Å²) < 4.78 is 0.689. The number of fused-ring (bicyclic) bond motifs is 4. The lowest BCUT2D eigenvalue weighted by atomic mass is 9.49. The Morgan fingerprint density at radius 2 is 1.57 bits per heavy atom. The first-order valence-corrected chi connectivity index (χ1v) is 17.7. The Labute approximate surface area is 297 Å². The second-order valence-electron chi connectivity index (χ2n) is 13.3. The summed E-state index contributed by atoms with van der Waals surface area (Å²) in [7, 11) is 0. The molecule has 49 heavy (non-hydrogen) atoms. The Morgan fingerprint density at radius 1 is 0.816 bits per heavy atom. The van der Waals surface area contributed by atoms with E-state index in [2.05, 4.69) is 15.9 Å². The van der Waals surface area contributed by atoms with Crippen molar-refractivity contribution in [2.24, 2.45) is 23.7 Å². The molecule has 246 valence electrons. The van der Waals surface area contributed by atoms with E-state index >= 15 is 4.79 Å². The fourth-order valence-corrected chi connectivity index (χ4v) is 9.54. The Bertz CT molecular complexity index is 2080. The van der Waals surface area contributed by atoms with Crippen LogP contribution in [0.5, 0.6) is 5.75 Å². The summed E-state index contributed by atoms with van der Waals surface area (Å²) in [5.41, 5.74) is 2.41. The van der Waals surface area contributed by atoms with Crippen molar-refractivity contribution in [1.82, 2.24) is 0 Å². The molecule has 9 heteroatoms. The van der Waals surface area contributed by atoms with E-state index < -0.39 is 46.8 Å². The highest BCUT2D eigenvalue weighted by Crippen LogP contribution is 2.65. The Morgan fingerprint density at radius 3 is 2.29 bits per heavy atom. The van der Waals surface area contributed by atoms with Crippen molar-refractivity contribution >= 4 is 62.5 Å². The molecule has 1 N–H and O–H groups in total. The van der Waals surface area contributed by atoms with Gasteiger partial charge >= 0.3 is 0 Å². The average Bonchev–Trinajstić information content (AvgIpc) is 3.50. The van der Waals surface area contributed by atoms with E-state index in [1.54, 1.807) is 42.5 Å². The highest BCUT2D eigenvalue weighted by atomic mass is 79.9. The summed E-state index contributed by atoms with van der Waals surface area (Å²) in [5, 5.41) is 11.9.